The molecule has 7 N–H and O–H groups in total. The van der Waals surface area contributed by atoms with Gasteiger partial charge in [-0.2, -0.15) is 0 Å². The summed E-state index contributed by atoms with van der Waals surface area (Å²) < 4.78 is 6.69. The Kier molecular flexibility index (Phi) is 19.5. The number of ether oxygens (including phenoxy) is 1. The summed E-state index contributed by atoms with van der Waals surface area (Å²) in [7, 11) is 0. The molecule has 2 aliphatic carbocycles. The lowest BCUT2D eigenvalue weighted by Crippen LogP contribution is -2.61. The second-order valence-corrected chi connectivity index (χ2v) is 23.1. The van der Waals surface area contributed by atoms with E-state index in [1.165, 1.54) is 10.8 Å². The maximum absolute atomic E-state index is 13.8. The van der Waals surface area contributed by atoms with Gasteiger partial charge in [0.05, 0.1) is 48.3 Å². The SMILES string of the molecule is CC(C)(C)NC(=O)[C@@H]1CN(Cc2cccnc2)CCN1C[C@@H](O)C[C@H](Cc1ccccc1)C(=O)N[C@H]1c2ccccc2C[C@H]1O.Cc1ccnc2c1NC(=O)c1cccnc1N2C1CC1.Cc1cn([C@H]2C[C@H](N=[N+]=[N-])[C@@H](CO)O2)c(=O)[nH]c1=O. The van der Waals surface area contributed by atoms with Gasteiger partial charge in [0.15, 0.2) is 5.82 Å². The van der Waals surface area contributed by atoms with Crippen LogP contribution in [0.4, 0.5) is 17.3 Å². The van der Waals surface area contributed by atoms with Crippen molar-refractivity contribution in [1.29, 1.82) is 0 Å². The van der Waals surface area contributed by atoms with Gasteiger partial charge in [-0.25, -0.2) is 14.8 Å². The molecule has 0 spiro atoms. The van der Waals surface area contributed by atoms with E-state index < -0.39 is 65.4 Å². The number of H-pyrrole nitrogens is 1. The molecule has 8 atom stereocenters. The molecule has 3 amide bonds. The molecule has 23 heteroatoms. The Morgan fingerprint density at radius 1 is 0.917 bits per heavy atom. The Labute approximate surface area is 486 Å². The third-order valence-corrected chi connectivity index (χ3v) is 15.5. The zero-order valence-electron chi connectivity index (χ0n) is 47.9. The van der Waals surface area contributed by atoms with Gasteiger partial charge in [0.25, 0.3) is 11.5 Å². The first-order valence-electron chi connectivity index (χ1n) is 28.5. The highest BCUT2D eigenvalue weighted by Gasteiger charge is 2.40. The van der Waals surface area contributed by atoms with Crippen LogP contribution >= 0.6 is 0 Å². The summed E-state index contributed by atoms with van der Waals surface area (Å²) in [5.41, 5.74) is 13.9. The third-order valence-electron chi connectivity index (χ3n) is 15.5. The largest absolute Gasteiger partial charge is 0.394 e. The number of fused-ring (bicyclic) bond motifs is 3. The molecule has 3 fully saturated rings. The number of amides is 3. The standard InChI is InChI=1S/C36H47N5O4.C15H14N4O.C10H13N5O4/c1-36(2,3)39-35(45)31-24-40(22-26-12-9-15-37-21-26)16-17-41(31)23-29(42)19-28(18-25-10-5-4-6-11-25)34(44)38-33-30-14-8-7-13-27(30)20-32(33)43;1-9-6-8-17-14-12(9)18-15(20)11-3-2-7-16-13(11)19(14)10-4-5-10;1-5-3-15(10(18)12-9(5)17)8-2-6(13-14-11)7(4-16)19-8/h4-15,21,28-29,31-33,42-43H,16-20,22-24H2,1-3H3,(H,38,44)(H,39,45);2-3,6-8,10H,4-5H2,1H3,(H,18,20);3,6-8,16H,2,4H2,1H3,(H,12,17,18)/t28-,29-,31-,32+,33-;;6-,7+,8+/m0.0/s1. The van der Waals surface area contributed by atoms with E-state index in [0.29, 0.717) is 55.5 Å². The summed E-state index contributed by atoms with van der Waals surface area (Å²) in [6, 6.07) is 26.0. The second kappa shape index (κ2) is 27.0. The highest BCUT2D eigenvalue weighted by molar-refractivity contribution is 6.12. The van der Waals surface area contributed by atoms with Crippen LogP contribution in [0.3, 0.4) is 0 Å². The van der Waals surface area contributed by atoms with Gasteiger partial charge in [-0.05, 0) is 118 Å². The molecule has 7 heterocycles. The van der Waals surface area contributed by atoms with Gasteiger partial charge in [0.2, 0.25) is 11.8 Å². The minimum absolute atomic E-state index is 0.0712. The van der Waals surface area contributed by atoms with E-state index in [2.05, 4.69) is 60.6 Å². The Balaban J connectivity index is 0.000000177. The van der Waals surface area contributed by atoms with Crippen LogP contribution in [0.25, 0.3) is 10.4 Å². The molecule has 11 rings (SSSR count). The first kappa shape index (κ1) is 60.4. The number of aromatic nitrogens is 5. The van der Waals surface area contributed by atoms with Crippen LogP contribution in [-0.2, 0) is 33.7 Å². The lowest BCUT2D eigenvalue weighted by molar-refractivity contribution is -0.132. The Morgan fingerprint density at radius 3 is 2.38 bits per heavy atom. The summed E-state index contributed by atoms with van der Waals surface area (Å²) in [6.07, 6.45) is 9.32. The number of nitrogens with one attached hydrogen (secondary N) is 4. The van der Waals surface area contributed by atoms with Gasteiger partial charge >= 0.3 is 5.69 Å². The quantitative estimate of drug-likeness (QED) is 0.0389. The van der Waals surface area contributed by atoms with Crippen LogP contribution in [0.5, 0.6) is 0 Å². The first-order chi connectivity index (χ1) is 40.4. The van der Waals surface area contributed by atoms with Crippen LogP contribution < -0.4 is 32.1 Å². The number of aryl methyl sites for hydroxylation is 2. The highest BCUT2D eigenvalue weighted by atomic mass is 16.5. The predicted octanol–water partition coefficient (Wildman–Crippen LogP) is 5.32. The molecule has 2 aromatic carbocycles. The summed E-state index contributed by atoms with van der Waals surface area (Å²) >= 11 is 0. The topological polar surface area (TPSA) is 309 Å². The van der Waals surface area contributed by atoms with E-state index >= 15 is 0 Å². The van der Waals surface area contributed by atoms with E-state index in [0.717, 1.165) is 58.7 Å². The minimum Gasteiger partial charge on any atom is -0.394 e. The summed E-state index contributed by atoms with van der Waals surface area (Å²) in [5, 5.41) is 44.2. The third kappa shape index (κ3) is 15.0. The van der Waals surface area contributed by atoms with Gasteiger partial charge in [-0.1, -0.05) is 65.8 Å². The molecule has 3 aliphatic heterocycles. The minimum atomic E-state index is -0.833. The molecule has 84 heavy (non-hydrogen) atoms. The van der Waals surface area contributed by atoms with Crippen molar-refractivity contribution >= 4 is 35.0 Å². The molecule has 0 radical (unpaired) electrons. The number of azide groups is 1. The average molecular weight is 1150 g/mol. The Morgan fingerprint density at radius 2 is 1.65 bits per heavy atom. The van der Waals surface area contributed by atoms with Crippen LogP contribution in [0, 0.1) is 19.8 Å². The Bertz CT molecular complexity index is 3440. The number of hydrogen-bond acceptors (Lipinski definition) is 16. The summed E-state index contributed by atoms with van der Waals surface area (Å²) in [5.74, 6) is 0.618. The van der Waals surface area contributed by atoms with Crippen LogP contribution in [0.1, 0.15) is 102 Å². The number of aliphatic hydroxyl groups excluding tert-OH is 3. The molecule has 4 aromatic heterocycles. The molecular formula is C61H74N14O9. The average Bonchev–Trinajstić information content (AvgIpc) is 2.99. The van der Waals surface area contributed by atoms with Crippen molar-refractivity contribution in [3.8, 4) is 0 Å². The predicted molar refractivity (Wildman–Crippen MR) is 315 cm³/mol. The zero-order chi connectivity index (χ0) is 59.7. The number of nitrogens with zero attached hydrogens (tertiary/aromatic N) is 10. The van der Waals surface area contributed by atoms with E-state index in [9.17, 15) is 34.2 Å². The number of rotatable bonds is 15. The van der Waals surface area contributed by atoms with Gasteiger partial charge in [-0.3, -0.25) is 43.5 Å². The van der Waals surface area contributed by atoms with Crippen molar-refractivity contribution in [2.45, 2.75) is 134 Å². The van der Waals surface area contributed by atoms with Crippen LogP contribution in [-0.4, -0.2) is 142 Å². The molecule has 0 bridgehead atoms. The normalized spacial score (nSPS) is 21.7. The number of aromatic amines is 1. The number of benzene rings is 2. The molecule has 6 aromatic rings. The number of anilines is 3. The number of piperazine rings is 1. The molecule has 0 unspecified atom stereocenters. The number of aliphatic hydroxyl groups is 3. The van der Waals surface area contributed by atoms with Crippen molar-refractivity contribution in [3.63, 3.8) is 0 Å². The number of pyridine rings is 3. The van der Waals surface area contributed by atoms with E-state index in [1.54, 1.807) is 31.6 Å². The molecule has 5 aliphatic rings. The molecule has 23 nitrogen and oxygen atoms in total. The van der Waals surface area contributed by atoms with Crippen LogP contribution in [0.15, 0.2) is 131 Å². The molecular weight excluding hydrogens is 1070 g/mol. The van der Waals surface area contributed by atoms with E-state index in [1.807, 2.05) is 113 Å². The van der Waals surface area contributed by atoms with Gasteiger partial charge in [0.1, 0.15) is 18.1 Å². The van der Waals surface area contributed by atoms with Crippen LogP contribution in [0.2, 0.25) is 0 Å². The maximum atomic E-state index is 13.8. The molecule has 442 valence electrons. The monoisotopic (exact) mass is 1150 g/mol. The van der Waals surface area contributed by atoms with Crippen molar-refractivity contribution in [3.05, 3.63) is 186 Å². The number of carbonyl (C=O) groups excluding carboxylic acids is 3. The number of β-amino-alcohol motifs (C(OH)–C–C–N with tert-alkyl or cyclic N) is 1. The highest BCUT2D eigenvalue weighted by Crippen LogP contribution is 2.44. The van der Waals surface area contributed by atoms with Gasteiger partial charge in [-0.15, -0.1) is 0 Å². The second-order valence-electron chi connectivity index (χ2n) is 23.1. The van der Waals surface area contributed by atoms with Crippen molar-refractivity contribution in [2.75, 3.05) is 43.0 Å². The lowest BCUT2D eigenvalue weighted by atomic mass is 9.91. The number of hydrogen-bond donors (Lipinski definition) is 7. The van der Waals surface area contributed by atoms with Crippen molar-refractivity contribution in [2.24, 2.45) is 11.0 Å². The maximum Gasteiger partial charge on any atom is 0.330 e. The first-order valence-corrected chi connectivity index (χ1v) is 28.5. The zero-order valence-corrected chi connectivity index (χ0v) is 47.9. The summed E-state index contributed by atoms with van der Waals surface area (Å²) in [6.45, 7) is 12.0. The van der Waals surface area contributed by atoms with Crippen molar-refractivity contribution in [1.82, 2.24) is 44.9 Å². The molecule has 2 saturated heterocycles. The van der Waals surface area contributed by atoms with E-state index in [-0.39, 0.29) is 43.7 Å². The fourth-order valence-electron chi connectivity index (χ4n) is 11.2. The fourth-order valence-corrected chi connectivity index (χ4v) is 11.2. The smallest absolute Gasteiger partial charge is 0.330 e. The van der Waals surface area contributed by atoms with Gasteiger partial charge in [0, 0.05) is 105 Å². The Hall–Kier alpha value is -8.15. The lowest BCUT2D eigenvalue weighted by Gasteiger charge is -2.42. The summed E-state index contributed by atoms with van der Waals surface area (Å²) in [4.78, 5) is 87.1. The number of carbonyl (C=O) groups is 3. The van der Waals surface area contributed by atoms with E-state index in [4.69, 9.17) is 15.4 Å². The van der Waals surface area contributed by atoms with Gasteiger partial charge < -0.3 is 40.9 Å². The fraction of sp³-hybridized carbons (Fsp3) is 0.443. The molecule has 1 saturated carbocycles. The van der Waals surface area contributed by atoms with Crippen molar-refractivity contribution < 1.29 is 34.4 Å².